The topological polar surface area (TPSA) is 29.1 Å². The molecule has 2 saturated carbocycles. The Hall–Kier alpha value is -0.830. The van der Waals surface area contributed by atoms with Crippen molar-refractivity contribution >= 4 is 17.2 Å². The van der Waals surface area contributed by atoms with Crippen molar-refractivity contribution in [3.63, 3.8) is 0 Å². The summed E-state index contributed by atoms with van der Waals surface area (Å²) in [5.41, 5.74) is 1.29. The van der Waals surface area contributed by atoms with Gasteiger partial charge in [-0.2, -0.15) is 0 Å². The standard InChI is InChI=1S/C16H23NOS/c18-16(15-14(9-11-19-15)13-7-8-13)17-10-3-6-12-4-1-2-5-12/h9,11-13H,1-8,10H2,(H,17,18). The van der Waals surface area contributed by atoms with E-state index in [0.29, 0.717) is 5.92 Å². The van der Waals surface area contributed by atoms with Crippen LogP contribution in [0.25, 0.3) is 0 Å². The van der Waals surface area contributed by atoms with Gasteiger partial charge in [-0.1, -0.05) is 25.7 Å². The van der Waals surface area contributed by atoms with Gasteiger partial charge in [-0.3, -0.25) is 4.79 Å². The molecule has 0 atom stereocenters. The van der Waals surface area contributed by atoms with E-state index in [-0.39, 0.29) is 5.91 Å². The average molecular weight is 277 g/mol. The van der Waals surface area contributed by atoms with Gasteiger partial charge >= 0.3 is 0 Å². The van der Waals surface area contributed by atoms with E-state index in [1.165, 1.54) is 50.5 Å². The van der Waals surface area contributed by atoms with Crippen LogP contribution in [0.5, 0.6) is 0 Å². The lowest BCUT2D eigenvalue weighted by Crippen LogP contribution is -2.24. The van der Waals surface area contributed by atoms with Crippen LogP contribution in [0.2, 0.25) is 0 Å². The number of hydrogen-bond acceptors (Lipinski definition) is 2. The first kappa shape index (κ1) is 13.2. The van der Waals surface area contributed by atoms with Crippen molar-refractivity contribution in [2.24, 2.45) is 5.92 Å². The van der Waals surface area contributed by atoms with Crippen LogP contribution in [0, 0.1) is 5.92 Å². The smallest absolute Gasteiger partial charge is 0.261 e. The van der Waals surface area contributed by atoms with Crippen LogP contribution < -0.4 is 5.32 Å². The van der Waals surface area contributed by atoms with Gasteiger partial charge in [0.15, 0.2) is 0 Å². The van der Waals surface area contributed by atoms with Crippen molar-refractivity contribution < 1.29 is 4.79 Å². The summed E-state index contributed by atoms with van der Waals surface area (Å²) in [6, 6.07) is 2.13. The fraction of sp³-hybridized carbons (Fsp3) is 0.688. The Morgan fingerprint density at radius 2 is 2.05 bits per heavy atom. The monoisotopic (exact) mass is 277 g/mol. The van der Waals surface area contributed by atoms with E-state index in [1.807, 2.05) is 0 Å². The zero-order valence-corrected chi connectivity index (χ0v) is 12.3. The molecule has 2 aliphatic rings. The van der Waals surface area contributed by atoms with Gasteiger partial charge in [0.2, 0.25) is 0 Å². The molecule has 1 N–H and O–H groups in total. The third-order valence-corrected chi connectivity index (χ3v) is 5.40. The van der Waals surface area contributed by atoms with Crippen molar-refractivity contribution in [3.8, 4) is 0 Å². The third kappa shape index (κ3) is 3.38. The van der Waals surface area contributed by atoms with E-state index in [0.717, 1.165) is 23.8 Å². The first-order chi connectivity index (χ1) is 9.34. The molecule has 1 aromatic heterocycles. The fourth-order valence-electron chi connectivity index (χ4n) is 3.19. The summed E-state index contributed by atoms with van der Waals surface area (Å²) >= 11 is 1.60. The molecule has 3 rings (SSSR count). The normalized spacial score (nSPS) is 19.8. The summed E-state index contributed by atoms with van der Waals surface area (Å²) in [4.78, 5) is 13.1. The minimum Gasteiger partial charge on any atom is -0.351 e. The molecule has 1 aromatic rings. The molecule has 0 aliphatic heterocycles. The molecule has 104 valence electrons. The van der Waals surface area contributed by atoms with E-state index < -0.39 is 0 Å². The van der Waals surface area contributed by atoms with Gasteiger partial charge in [-0.15, -0.1) is 11.3 Å². The van der Waals surface area contributed by atoms with E-state index in [2.05, 4.69) is 16.8 Å². The van der Waals surface area contributed by atoms with Crippen LogP contribution in [0.15, 0.2) is 11.4 Å². The molecule has 0 bridgehead atoms. The Bertz CT molecular complexity index is 430. The zero-order valence-electron chi connectivity index (χ0n) is 11.5. The van der Waals surface area contributed by atoms with Gasteiger partial charge < -0.3 is 5.32 Å². The summed E-state index contributed by atoms with van der Waals surface area (Å²) < 4.78 is 0. The molecular formula is C16H23NOS. The molecule has 0 unspecified atom stereocenters. The number of rotatable bonds is 6. The van der Waals surface area contributed by atoms with Crippen molar-refractivity contribution in [1.82, 2.24) is 5.32 Å². The van der Waals surface area contributed by atoms with Gasteiger partial charge in [0.05, 0.1) is 4.88 Å². The predicted octanol–water partition coefficient (Wildman–Crippen LogP) is 4.33. The quantitative estimate of drug-likeness (QED) is 0.771. The van der Waals surface area contributed by atoms with E-state index >= 15 is 0 Å². The van der Waals surface area contributed by atoms with E-state index in [9.17, 15) is 4.79 Å². The lowest BCUT2D eigenvalue weighted by atomic mass is 10.0. The molecule has 2 aliphatic carbocycles. The molecule has 0 saturated heterocycles. The Labute approximate surface area is 119 Å². The molecule has 0 spiro atoms. The van der Waals surface area contributed by atoms with Gasteiger partial charge in [-0.25, -0.2) is 0 Å². The summed E-state index contributed by atoms with van der Waals surface area (Å²) in [5.74, 6) is 1.76. The maximum absolute atomic E-state index is 12.2. The maximum atomic E-state index is 12.2. The second-order valence-corrected chi connectivity index (χ2v) is 6.94. The van der Waals surface area contributed by atoms with Crippen molar-refractivity contribution in [2.75, 3.05) is 6.54 Å². The lowest BCUT2D eigenvalue weighted by molar-refractivity contribution is 0.0955. The summed E-state index contributed by atoms with van der Waals surface area (Å²) in [5, 5.41) is 5.16. The number of hydrogen-bond donors (Lipinski definition) is 1. The van der Waals surface area contributed by atoms with Gasteiger partial charge in [0.25, 0.3) is 5.91 Å². The molecule has 2 fully saturated rings. The number of carbonyl (C=O) groups excluding carboxylic acids is 1. The third-order valence-electron chi connectivity index (χ3n) is 4.47. The molecule has 0 aromatic carbocycles. The first-order valence-corrected chi connectivity index (χ1v) is 8.58. The Morgan fingerprint density at radius 3 is 2.79 bits per heavy atom. The van der Waals surface area contributed by atoms with E-state index in [1.54, 1.807) is 11.3 Å². The minimum absolute atomic E-state index is 0.156. The zero-order chi connectivity index (χ0) is 13.1. The van der Waals surface area contributed by atoms with Crippen molar-refractivity contribution in [1.29, 1.82) is 0 Å². The number of amides is 1. The first-order valence-electron chi connectivity index (χ1n) is 7.70. The second kappa shape index (κ2) is 6.08. The Morgan fingerprint density at radius 1 is 1.26 bits per heavy atom. The Kier molecular flexibility index (Phi) is 4.21. The molecular weight excluding hydrogens is 254 g/mol. The molecule has 1 heterocycles. The summed E-state index contributed by atoms with van der Waals surface area (Å²) in [6.45, 7) is 0.845. The van der Waals surface area contributed by atoms with Crippen molar-refractivity contribution in [3.05, 3.63) is 21.9 Å². The number of thiophene rings is 1. The lowest BCUT2D eigenvalue weighted by Gasteiger charge is -2.09. The van der Waals surface area contributed by atoms with Crippen molar-refractivity contribution in [2.45, 2.75) is 57.3 Å². The average Bonchev–Trinajstić information content (AvgIpc) is 2.95. The Balaban J connectivity index is 1.41. The maximum Gasteiger partial charge on any atom is 0.261 e. The molecule has 2 nitrogen and oxygen atoms in total. The molecule has 0 radical (unpaired) electrons. The summed E-state index contributed by atoms with van der Waals surface area (Å²) in [6.07, 6.45) is 10.6. The van der Waals surface area contributed by atoms with Crippen LogP contribution in [-0.2, 0) is 0 Å². The largest absolute Gasteiger partial charge is 0.351 e. The highest BCUT2D eigenvalue weighted by molar-refractivity contribution is 7.12. The van der Waals surface area contributed by atoms with Crippen LogP contribution in [0.1, 0.15) is 72.5 Å². The minimum atomic E-state index is 0.156. The highest BCUT2D eigenvalue weighted by atomic mass is 32.1. The van der Waals surface area contributed by atoms with Crippen LogP contribution in [-0.4, -0.2) is 12.5 Å². The highest BCUT2D eigenvalue weighted by Gasteiger charge is 2.28. The second-order valence-electron chi connectivity index (χ2n) is 6.03. The van der Waals surface area contributed by atoms with Gasteiger partial charge in [0.1, 0.15) is 0 Å². The van der Waals surface area contributed by atoms with Crippen LogP contribution in [0.3, 0.4) is 0 Å². The molecule has 3 heteroatoms. The van der Waals surface area contributed by atoms with Crippen LogP contribution >= 0.6 is 11.3 Å². The summed E-state index contributed by atoms with van der Waals surface area (Å²) in [7, 11) is 0. The van der Waals surface area contributed by atoms with E-state index in [4.69, 9.17) is 0 Å². The fourth-order valence-corrected chi connectivity index (χ4v) is 4.09. The molecule has 1 amide bonds. The predicted molar refractivity (Wildman–Crippen MR) is 79.8 cm³/mol. The highest BCUT2D eigenvalue weighted by Crippen LogP contribution is 2.43. The van der Waals surface area contributed by atoms with Gasteiger partial charge in [-0.05, 0) is 54.5 Å². The number of nitrogens with one attached hydrogen (secondary N) is 1. The number of carbonyl (C=O) groups is 1. The molecule has 19 heavy (non-hydrogen) atoms. The van der Waals surface area contributed by atoms with Gasteiger partial charge in [0, 0.05) is 6.54 Å². The van der Waals surface area contributed by atoms with Crippen LogP contribution in [0.4, 0.5) is 0 Å². The SMILES string of the molecule is O=C(NCCCC1CCCC1)c1sccc1C1CC1.